The van der Waals surface area contributed by atoms with Crippen molar-refractivity contribution in [3.63, 3.8) is 0 Å². The fourth-order valence-corrected chi connectivity index (χ4v) is 5.39. The molecular weight excluding hydrogens is 396 g/mol. The Balaban J connectivity index is 1.86. The molecule has 1 aliphatic carbocycles. The van der Waals surface area contributed by atoms with Gasteiger partial charge in [0.05, 0.1) is 5.56 Å². The third kappa shape index (κ3) is 4.04. The topological polar surface area (TPSA) is 98.7 Å². The molecule has 2 aromatic rings. The van der Waals surface area contributed by atoms with Crippen LogP contribution < -0.4 is 10.9 Å². The summed E-state index contributed by atoms with van der Waals surface area (Å²) < 4.78 is 1.30. The first-order chi connectivity index (χ1) is 14.1. The number of amides is 1. The number of rotatable bonds is 3. The van der Waals surface area contributed by atoms with Crippen LogP contribution in [0.5, 0.6) is 0 Å². The molecule has 0 unspecified atom stereocenters. The number of anilines is 1. The fourth-order valence-electron chi connectivity index (χ4n) is 4.10. The lowest BCUT2D eigenvalue weighted by Crippen LogP contribution is -2.31. The molecule has 0 bridgehead atoms. The number of carbonyl (C=O) groups excluding carboxylic acids is 1. The van der Waals surface area contributed by atoms with Crippen LogP contribution in [0.4, 0.5) is 5.00 Å². The molecule has 2 heterocycles. The van der Waals surface area contributed by atoms with Crippen LogP contribution in [-0.2, 0) is 24.2 Å². The van der Waals surface area contributed by atoms with E-state index in [1.807, 2.05) is 6.07 Å². The zero-order valence-electron chi connectivity index (χ0n) is 18.0. The van der Waals surface area contributed by atoms with Crippen LogP contribution in [0, 0.1) is 47.8 Å². The molecule has 3 rings (SSSR count). The standard InChI is InChI=1S/C23H26N4O2S/c1-13-8-14(2)27(22(29)17(13)10-24)12-20(28)26-21-18(11-25)16-7-6-15(23(3,4)5)9-19(16)30-21/h8,15H,6-7,9,12H2,1-5H3,(H,26,28)/t15-/m0/s1. The Bertz CT molecular complexity index is 1150. The van der Waals surface area contributed by atoms with Crippen LogP contribution >= 0.6 is 11.3 Å². The number of aromatic nitrogens is 1. The number of hydrogen-bond donors (Lipinski definition) is 1. The Kier molecular flexibility index (Phi) is 5.87. The molecule has 0 spiro atoms. The molecule has 1 atom stereocenters. The lowest BCUT2D eigenvalue weighted by atomic mass is 9.72. The van der Waals surface area contributed by atoms with Crippen LogP contribution in [0.2, 0.25) is 0 Å². The highest BCUT2D eigenvalue weighted by atomic mass is 32.1. The van der Waals surface area contributed by atoms with Gasteiger partial charge in [-0.05, 0) is 61.6 Å². The first-order valence-electron chi connectivity index (χ1n) is 10.0. The molecule has 156 valence electrons. The molecule has 0 fully saturated rings. The summed E-state index contributed by atoms with van der Waals surface area (Å²) >= 11 is 1.47. The Morgan fingerprint density at radius 2 is 1.93 bits per heavy atom. The number of pyridine rings is 1. The number of nitriles is 2. The van der Waals surface area contributed by atoms with Crippen LogP contribution in [0.3, 0.4) is 0 Å². The summed E-state index contributed by atoms with van der Waals surface area (Å²) in [6.07, 6.45) is 2.79. The Labute approximate surface area is 180 Å². The Morgan fingerprint density at radius 3 is 2.53 bits per heavy atom. The minimum absolute atomic E-state index is 0.0472. The van der Waals surface area contributed by atoms with Crippen LogP contribution in [0.1, 0.15) is 60.0 Å². The van der Waals surface area contributed by atoms with Gasteiger partial charge < -0.3 is 9.88 Å². The van der Waals surface area contributed by atoms with Crippen LogP contribution in [0.15, 0.2) is 10.9 Å². The van der Waals surface area contributed by atoms with E-state index in [0.717, 1.165) is 24.8 Å². The molecular formula is C23H26N4O2S. The van der Waals surface area contributed by atoms with Crippen molar-refractivity contribution in [2.75, 3.05) is 5.32 Å². The van der Waals surface area contributed by atoms with Gasteiger partial charge in [-0.2, -0.15) is 10.5 Å². The number of carbonyl (C=O) groups is 1. The first-order valence-corrected chi connectivity index (χ1v) is 10.8. The van der Waals surface area contributed by atoms with Crippen molar-refractivity contribution in [2.45, 2.75) is 60.4 Å². The molecule has 1 N–H and O–H groups in total. The van der Waals surface area contributed by atoms with Gasteiger partial charge in [0.25, 0.3) is 5.56 Å². The number of nitrogens with zero attached hydrogens (tertiary/aromatic N) is 3. The summed E-state index contributed by atoms with van der Waals surface area (Å²) in [5, 5.41) is 22.3. The van der Waals surface area contributed by atoms with Gasteiger partial charge in [-0.15, -0.1) is 11.3 Å². The van der Waals surface area contributed by atoms with Gasteiger partial charge in [-0.1, -0.05) is 20.8 Å². The maximum Gasteiger partial charge on any atom is 0.269 e. The highest BCUT2D eigenvalue weighted by molar-refractivity contribution is 7.16. The zero-order chi connectivity index (χ0) is 22.2. The molecule has 0 radical (unpaired) electrons. The molecule has 1 aliphatic rings. The zero-order valence-corrected chi connectivity index (χ0v) is 18.9. The van der Waals surface area contributed by atoms with E-state index in [-0.39, 0.29) is 23.4 Å². The summed E-state index contributed by atoms with van der Waals surface area (Å²) in [6.45, 7) is 9.96. The van der Waals surface area contributed by atoms with Gasteiger partial charge in [0.1, 0.15) is 29.2 Å². The number of thiophene rings is 1. The average molecular weight is 423 g/mol. The lowest BCUT2D eigenvalue weighted by Gasteiger charge is -2.33. The Hall–Kier alpha value is -2.90. The predicted molar refractivity (Wildman–Crippen MR) is 118 cm³/mol. The molecule has 0 aromatic carbocycles. The maximum atomic E-state index is 12.7. The van der Waals surface area contributed by atoms with Crippen LogP contribution in [-0.4, -0.2) is 10.5 Å². The second-order valence-electron chi connectivity index (χ2n) is 9.02. The molecule has 0 saturated heterocycles. The Morgan fingerprint density at radius 1 is 1.27 bits per heavy atom. The summed E-state index contributed by atoms with van der Waals surface area (Å²) in [5.41, 5.74) is 2.58. The predicted octanol–water partition coefficient (Wildman–Crippen LogP) is 4.06. The lowest BCUT2D eigenvalue weighted by molar-refractivity contribution is -0.116. The van der Waals surface area contributed by atoms with Crippen molar-refractivity contribution in [1.82, 2.24) is 4.57 Å². The van der Waals surface area contributed by atoms with E-state index in [1.54, 1.807) is 19.9 Å². The quantitative estimate of drug-likeness (QED) is 0.806. The highest BCUT2D eigenvalue weighted by Gasteiger charge is 2.32. The van der Waals surface area contributed by atoms with E-state index in [4.69, 9.17) is 0 Å². The molecule has 7 heteroatoms. The van der Waals surface area contributed by atoms with E-state index in [9.17, 15) is 20.1 Å². The fraction of sp³-hybridized carbons (Fsp3) is 0.478. The number of aryl methyl sites for hydroxylation is 2. The van der Waals surface area contributed by atoms with E-state index >= 15 is 0 Å². The van der Waals surface area contributed by atoms with Crippen molar-refractivity contribution in [1.29, 1.82) is 10.5 Å². The van der Waals surface area contributed by atoms with Gasteiger partial charge in [-0.25, -0.2) is 0 Å². The molecule has 0 saturated carbocycles. The molecule has 1 amide bonds. The minimum atomic E-state index is -0.468. The van der Waals surface area contributed by atoms with Gasteiger partial charge in [0, 0.05) is 10.6 Å². The van der Waals surface area contributed by atoms with Crippen molar-refractivity contribution in [2.24, 2.45) is 11.3 Å². The van der Waals surface area contributed by atoms with Gasteiger partial charge in [-0.3, -0.25) is 9.59 Å². The second-order valence-corrected chi connectivity index (χ2v) is 10.1. The van der Waals surface area contributed by atoms with E-state index in [0.29, 0.717) is 27.7 Å². The molecule has 6 nitrogen and oxygen atoms in total. The van der Waals surface area contributed by atoms with Crippen LogP contribution in [0.25, 0.3) is 0 Å². The van der Waals surface area contributed by atoms with Crippen molar-refractivity contribution in [3.05, 3.63) is 49.2 Å². The van der Waals surface area contributed by atoms with E-state index in [2.05, 4.69) is 32.2 Å². The third-order valence-electron chi connectivity index (χ3n) is 5.97. The maximum absolute atomic E-state index is 12.7. The van der Waals surface area contributed by atoms with Gasteiger partial charge in [0.15, 0.2) is 0 Å². The largest absolute Gasteiger partial charge is 0.315 e. The smallest absolute Gasteiger partial charge is 0.269 e. The SMILES string of the molecule is Cc1cc(C)n(CC(=O)Nc2sc3c(c2C#N)CC[C@H](C(C)(C)C)C3)c(=O)c1C#N. The summed E-state index contributed by atoms with van der Waals surface area (Å²) in [6, 6.07) is 5.90. The molecule has 30 heavy (non-hydrogen) atoms. The average Bonchev–Trinajstić information content (AvgIpc) is 3.00. The summed E-state index contributed by atoms with van der Waals surface area (Å²) in [7, 11) is 0. The van der Waals surface area contributed by atoms with Crippen molar-refractivity contribution < 1.29 is 4.79 Å². The van der Waals surface area contributed by atoms with Gasteiger partial charge in [0.2, 0.25) is 5.91 Å². The van der Waals surface area contributed by atoms with Gasteiger partial charge >= 0.3 is 0 Å². The first kappa shape index (κ1) is 21.8. The number of fused-ring (bicyclic) bond motifs is 1. The number of nitrogens with one attached hydrogen (secondary N) is 1. The number of hydrogen-bond acceptors (Lipinski definition) is 5. The third-order valence-corrected chi connectivity index (χ3v) is 7.14. The molecule has 2 aromatic heterocycles. The normalized spacial score (nSPS) is 15.8. The molecule has 0 aliphatic heterocycles. The van der Waals surface area contributed by atoms with Crippen molar-refractivity contribution in [3.8, 4) is 12.1 Å². The minimum Gasteiger partial charge on any atom is -0.315 e. The second kappa shape index (κ2) is 8.08. The monoisotopic (exact) mass is 422 g/mol. The summed E-state index contributed by atoms with van der Waals surface area (Å²) in [5.74, 6) is 0.160. The van der Waals surface area contributed by atoms with Crippen molar-refractivity contribution >= 4 is 22.2 Å². The summed E-state index contributed by atoms with van der Waals surface area (Å²) in [4.78, 5) is 26.4. The van der Waals surface area contributed by atoms with E-state index in [1.165, 1.54) is 20.8 Å². The highest BCUT2D eigenvalue weighted by Crippen LogP contribution is 2.43. The van der Waals surface area contributed by atoms with E-state index < -0.39 is 5.56 Å².